The first-order chi connectivity index (χ1) is 11.1. The van der Waals surface area contributed by atoms with Crippen LogP contribution in [0.2, 0.25) is 0 Å². The average Bonchev–Trinajstić information content (AvgIpc) is 3.21. The highest BCUT2D eigenvalue weighted by molar-refractivity contribution is 5.96. The lowest BCUT2D eigenvalue weighted by atomic mass is 9.86. The molecule has 2 fully saturated rings. The smallest absolute Gasteiger partial charge is 0.271 e. The minimum atomic E-state index is -0.228. The van der Waals surface area contributed by atoms with Gasteiger partial charge in [0.15, 0.2) is 11.5 Å². The summed E-state index contributed by atoms with van der Waals surface area (Å²) in [4.78, 5) is 12.3. The number of carbonyl (C=O) groups is 1. The fourth-order valence-electron chi connectivity index (χ4n) is 4.02. The standard InChI is InChI=1S/C18H24N2O3/c1-11(15-9-12-4-5-13(15)8-12)19-20-18(21)14-6-7-16(22-2)17(10-14)23-3/h6-7,10,12-13,15H,4-5,8-9H2,1-3H3,(H,20,21)/b19-11+/t12-,13+,15-/m0/s1. The Morgan fingerprint density at radius 1 is 1.17 bits per heavy atom. The molecule has 1 N–H and O–H groups in total. The van der Waals surface area contributed by atoms with Gasteiger partial charge in [-0.25, -0.2) is 5.43 Å². The van der Waals surface area contributed by atoms with Crippen LogP contribution in [0.1, 0.15) is 43.0 Å². The van der Waals surface area contributed by atoms with Gasteiger partial charge in [-0.05, 0) is 56.2 Å². The monoisotopic (exact) mass is 316 g/mol. The summed E-state index contributed by atoms with van der Waals surface area (Å²) in [5.74, 6) is 3.09. The molecule has 1 aromatic carbocycles. The van der Waals surface area contributed by atoms with Crippen molar-refractivity contribution in [2.45, 2.75) is 32.6 Å². The Morgan fingerprint density at radius 3 is 2.57 bits per heavy atom. The summed E-state index contributed by atoms with van der Waals surface area (Å²) < 4.78 is 10.4. The molecule has 0 aromatic heterocycles. The van der Waals surface area contributed by atoms with E-state index in [-0.39, 0.29) is 5.91 Å². The summed E-state index contributed by atoms with van der Waals surface area (Å²) in [5, 5.41) is 4.34. The van der Waals surface area contributed by atoms with Crippen LogP contribution in [0.25, 0.3) is 0 Å². The molecule has 0 aliphatic heterocycles. The van der Waals surface area contributed by atoms with Crippen LogP contribution in [0.15, 0.2) is 23.3 Å². The minimum Gasteiger partial charge on any atom is -0.493 e. The Bertz CT molecular complexity index is 627. The van der Waals surface area contributed by atoms with Gasteiger partial charge in [-0.15, -0.1) is 0 Å². The Labute approximate surface area is 137 Å². The molecular formula is C18H24N2O3. The van der Waals surface area contributed by atoms with E-state index < -0.39 is 0 Å². The maximum absolute atomic E-state index is 12.3. The summed E-state index contributed by atoms with van der Waals surface area (Å²) in [6.45, 7) is 2.03. The van der Waals surface area contributed by atoms with Gasteiger partial charge in [-0.2, -0.15) is 5.10 Å². The molecule has 0 heterocycles. The van der Waals surface area contributed by atoms with Crippen molar-refractivity contribution in [3.63, 3.8) is 0 Å². The molecule has 1 aromatic rings. The third-order valence-corrected chi connectivity index (χ3v) is 5.25. The second-order valence-corrected chi connectivity index (χ2v) is 6.55. The first-order valence-corrected chi connectivity index (χ1v) is 8.19. The van der Waals surface area contributed by atoms with E-state index in [4.69, 9.17) is 9.47 Å². The summed E-state index contributed by atoms with van der Waals surface area (Å²) in [7, 11) is 3.12. The van der Waals surface area contributed by atoms with Crippen LogP contribution in [0, 0.1) is 17.8 Å². The summed E-state index contributed by atoms with van der Waals surface area (Å²) in [6, 6.07) is 5.09. The van der Waals surface area contributed by atoms with Crippen LogP contribution in [0.4, 0.5) is 0 Å². The number of fused-ring (bicyclic) bond motifs is 2. The van der Waals surface area contributed by atoms with Crippen molar-refractivity contribution in [1.29, 1.82) is 0 Å². The van der Waals surface area contributed by atoms with Crippen molar-refractivity contribution in [2.24, 2.45) is 22.9 Å². The average molecular weight is 316 g/mol. The van der Waals surface area contributed by atoms with Crippen LogP contribution in [0.3, 0.4) is 0 Å². The highest BCUT2D eigenvalue weighted by Crippen LogP contribution is 2.48. The highest BCUT2D eigenvalue weighted by atomic mass is 16.5. The second-order valence-electron chi connectivity index (χ2n) is 6.55. The molecule has 0 unspecified atom stereocenters. The van der Waals surface area contributed by atoms with Gasteiger partial charge in [0.1, 0.15) is 0 Å². The molecule has 2 aliphatic carbocycles. The van der Waals surface area contributed by atoms with E-state index in [0.29, 0.717) is 23.0 Å². The van der Waals surface area contributed by atoms with Gasteiger partial charge in [0, 0.05) is 17.2 Å². The molecule has 3 rings (SSSR count). The molecule has 1 amide bonds. The molecule has 0 radical (unpaired) electrons. The Kier molecular flexibility index (Phi) is 4.55. The predicted molar refractivity (Wildman–Crippen MR) is 89.1 cm³/mol. The quantitative estimate of drug-likeness (QED) is 0.670. The second kappa shape index (κ2) is 6.60. The summed E-state index contributed by atoms with van der Waals surface area (Å²) in [5.41, 5.74) is 4.23. The molecule has 2 saturated carbocycles. The third-order valence-electron chi connectivity index (χ3n) is 5.25. The van der Waals surface area contributed by atoms with Crippen LogP contribution in [-0.4, -0.2) is 25.8 Å². The molecule has 5 heteroatoms. The van der Waals surface area contributed by atoms with Crippen LogP contribution >= 0.6 is 0 Å². The van der Waals surface area contributed by atoms with E-state index in [1.807, 2.05) is 6.92 Å². The minimum absolute atomic E-state index is 0.228. The number of nitrogens with one attached hydrogen (secondary N) is 1. The molecule has 0 spiro atoms. The first kappa shape index (κ1) is 15.8. The number of ether oxygens (including phenoxy) is 2. The number of nitrogens with zero attached hydrogens (tertiary/aromatic N) is 1. The normalized spacial score (nSPS) is 26.2. The van der Waals surface area contributed by atoms with E-state index in [2.05, 4.69) is 10.5 Å². The van der Waals surface area contributed by atoms with Crippen molar-refractivity contribution in [2.75, 3.05) is 14.2 Å². The highest BCUT2D eigenvalue weighted by Gasteiger charge is 2.40. The van der Waals surface area contributed by atoms with Crippen molar-refractivity contribution in [3.05, 3.63) is 23.8 Å². The SMILES string of the molecule is COc1ccc(C(=O)N/N=C(\C)[C@@H]2C[C@H]3CC[C@@H]2C3)cc1OC. The molecule has 23 heavy (non-hydrogen) atoms. The van der Waals surface area contributed by atoms with E-state index in [9.17, 15) is 4.79 Å². The van der Waals surface area contributed by atoms with Crippen LogP contribution in [0.5, 0.6) is 11.5 Å². The third kappa shape index (κ3) is 3.19. The number of hydrogen-bond acceptors (Lipinski definition) is 4. The van der Waals surface area contributed by atoms with E-state index in [1.54, 1.807) is 32.4 Å². The number of hydrazone groups is 1. The lowest BCUT2D eigenvalue weighted by Gasteiger charge is -2.21. The largest absolute Gasteiger partial charge is 0.493 e. The number of hydrogen-bond donors (Lipinski definition) is 1. The molecule has 124 valence electrons. The van der Waals surface area contributed by atoms with Crippen molar-refractivity contribution in [3.8, 4) is 11.5 Å². The number of rotatable bonds is 5. The van der Waals surface area contributed by atoms with Gasteiger partial charge < -0.3 is 9.47 Å². The number of carbonyl (C=O) groups excluding carboxylic acids is 1. The molecule has 3 atom stereocenters. The van der Waals surface area contributed by atoms with Gasteiger partial charge in [-0.1, -0.05) is 6.42 Å². The lowest BCUT2D eigenvalue weighted by molar-refractivity contribution is 0.0954. The topological polar surface area (TPSA) is 59.9 Å². The van der Waals surface area contributed by atoms with E-state index in [0.717, 1.165) is 17.5 Å². The maximum atomic E-state index is 12.3. The Morgan fingerprint density at radius 2 is 1.96 bits per heavy atom. The van der Waals surface area contributed by atoms with Gasteiger partial charge in [-0.3, -0.25) is 4.79 Å². The van der Waals surface area contributed by atoms with Gasteiger partial charge >= 0.3 is 0 Å². The van der Waals surface area contributed by atoms with Crippen LogP contribution in [-0.2, 0) is 0 Å². The van der Waals surface area contributed by atoms with E-state index in [1.165, 1.54) is 25.7 Å². The molecule has 2 bridgehead atoms. The Hall–Kier alpha value is -2.04. The number of methoxy groups -OCH3 is 2. The molecule has 5 nitrogen and oxygen atoms in total. The molecule has 2 aliphatic rings. The fourth-order valence-corrected chi connectivity index (χ4v) is 4.02. The van der Waals surface area contributed by atoms with Crippen molar-refractivity contribution >= 4 is 11.6 Å². The van der Waals surface area contributed by atoms with E-state index >= 15 is 0 Å². The van der Waals surface area contributed by atoms with Gasteiger partial charge in [0.05, 0.1) is 14.2 Å². The predicted octanol–water partition coefficient (Wildman–Crippen LogP) is 3.25. The van der Waals surface area contributed by atoms with Crippen molar-refractivity contribution < 1.29 is 14.3 Å². The fraction of sp³-hybridized carbons (Fsp3) is 0.556. The maximum Gasteiger partial charge on any atom is 0.271 e. The zero-order valence-electron chi connectivity index (χ0n) is 14.0. The Balaban J connectivity index is 1.66. The summed E-state index contributed by atoms with van der Waals surface area (Å²) in [6.07, 6.45) is 5.24. The van der Waals surface area contributed by atoms with Crippen molar-refractivity contribution in [1.82, 2.24) is 5.43 Å². The summed E-state index contributed by atoms with van der Waals surface area (Å²) >= 11 is 0. The molecular weight excluding hydrogens is 292 g/mol. The number of amides is 1. The molecule has 0 saturated heterocycles. The van der Waals surface area contributed by atoms with Gasteiger partial charge in [0.2, 0.25) is 0 Å². The first-order valence-electron chi connectivity index (χ1n) is 8.19. The van der Waals surface area contributed by atoms with Gasteiger partial charge in [0.25, 0.3) is 5.91 Å². The zero-order chi connectivity index (χ0) is 16.4. The number of benzene rings is 1. The zero-order valence-corrected chi connectivity index (χ0v) is 14.0. The lowest BCUT2D eigenvalue weighted by Crippen LogP contribution is -2.24. The van der Waals surface area contributed by atoms with Crippen LogP contribution < -0.4 is 14.9 Å².